The molecule has 1 aliphatic rings. The molecule has 1 aliphatic heterocycles. The number of piperidine rings is 1. The number of hydrogen-bond acceptors (Lipinski definition) is 4. The highest BCUT2D eigenvalue weighted by Crippen LogP contribution is 2.31. The molecule has 5 nitrogen and oxygen atoms in total. The minimum atomic E-state index is -0.353. The van der Waals surface area contributed by atoms with Crippen LogP contribution in [0.25, 0.3) is 0 Å². The molecular formula is C22H25Cl2N3O2S. The number of anilines is 2. The van der Waals surface area contributed by atoms with Gasteiger partial charge in [-0.15, -0.1) is 0 Å². The van der Waals surface area contributed by atoms with Gasteiger partial charge in [0.25, 0.3) is 5.91 Å². The van der Waals surface area contributed by atoms with Crippen molar-refractivity contribution in [2.45, 2.75) is 33.1 Å². The monoisotopic (exact) mass is 465 g/mol. The van der Waals surface area contributed by atoms with Crippen molar-refractivity contribution in [3.05, 3.63) is 51.5 Å². The number of nitrogens with one attached hydrogen (secondary N) is 2. The van der Waals surface area contributed by atoms with Crippen LogP contribution in [0.15, 0.2) is 30.3 Å². The smallest absolute Gasteiger partial charge is 0.264 e. The number of rotatable bonds is 5. The van der Waals surface area contributed by atoms with E-state index in [9.17, 15) is 4.79 Å². The zero-order valence-corrected chi connectivity index (χ0v) is 19.4. The molecule has 0 bridgehead atoms. The molecule has 1 fully saturated rings. The number of carbonyl (C=O) groups excluding carboxylic acids is 1. The van der Waals surface area contributed by atoms with E-state index in [1.54, 1.807) is 12.1 Å². The van der Waals surface area contributed by atoms with Gasteiger partial charge in [0.2, 0.25) is 0 Å². The zero-order chi connectivity index (χ0) is 21.7. The van der Waals surface area contributed by atoms with Crippen LogP contribution in [0.5, 0.6) is 5.75 Å². The minimum Gasteiger partial charge on any atom is -0.484 e. The summed E-state index contributed by atoms with van der Waals surface area (Å²) in [6, 6.07) is 9.30. The predicted octanol–water partition coefficient (Wildman–Crippen LogP) is 5.49. The van der Waals surface area contributed by atoms with Crippen LogP contribution in [0, 0.1) is 13.8 Å². The highest BCUT2D eigenvalue weighted by Gasteiger charge is 2.15. The number of hydrogen-bond donors (Lipinski definition) is 2. The highest BCUT2D eigenvalue weighted by atomic mass is 35.5. The Balaban J connectivity index is 1.51. The first-order chi connectivity index (χ1) is 14.3. The van der Waals surface area contributed by atoms with Crippen LogP contribution in [0.4, 0.5) is 11.4 Å². The molecule has 3 rings (SSSR count). The van der Waals surface area contributed by atoms with E-state index in [-0.39, 0.29) is 17.6 Å². The lowest BCUT2D eigenvalue weighted by Crippen LogP contribution is -2.37. The summed E-state index contributed by atoms with van der Waals surface area (Å²) in [5.41, 5.74) is 3.54. The molecule has 0 unspecified atom stereocenters. The fraction of sp³-hybridized carbons (Fsp3) is 0.364. The molecule has 1 heterocycles. The maximum Gasteiger partial charge on any atom is 0.264 e. The summed E-state index contributed by atoms with van der Waals surface area (Å²) in [4.78, 5) is 14.5. The van der Waals surface area contributed by atoms with Gasteiger partial charge in [-0.25, -0.2) is 0 Å². The lowest BCUT2D eigenvalue weighted by atomic mass is 10.1. The Hall–Kier alpha value is -2.02. The average Bonchev–Trinajstić information content (AvgIpc) is 2.71. The van der Waals surface area contributed by atoms with E-state index in [1.807, 2.05) is 32.0 Å². The van der Waals surface area contributed by atoms with Crippen molar-refractivity contribution in [1.82, 2.24) is 5.32 Å². The average molecular weight is 466 g/mol. The number of amides is 1. The third-order valence-electron chi connectivity index (χ3n) is 4.94. The van der Waals surface area contributed by atoms with E-state index in [2.05, 4.69) is 15.5 Å². The number of aryl methyl sites for hydroxylation is 2. The first-order valence-corrected chi connectivity index (χ1v) is 11.0. The van der Waals surface area contributed by atoms with Crippen LogP contribution in [-0.4, -0.2) is 30.7 Å². The van der Waals surface area contributed by atoms with Crippen molar-refractivity contribution >= 4 is 57.8 Å². The Kier molecular flexibility index (Phi) is 7.81. The van der Waals surface area contributed by atoms with Gasteiger partial charge in [-0.1, -0.05) is 23.2 Å². The molecule has 160 valence electrons. The minimum absolute atomic E-state index is 0.156. The van der Waals surface area contributed by atoms with Gasteiger partial charge in [0, 0.05) is 23.8 Å². The summed E-state index contributed by atoms with van der Waals surface area (Å²) in [5.74, 6) is 0.234. The van der Waals surface area contributed by atoms with E-state index in [4.69, 9.17) is 40.2 Å². The number of benzene rings is 2. The maximum absolute atomic E-state index is 12.2. The van der Waals surface area contributed by atoms with Crippen molar-refractivity contribution in [1.29, 1.82) is 0 Å². The Labute approximate surface area is 192 Å². The number of nitrogens with zero attached hydrogens (tertiary/aromatic N) is 1. The molecule has 2 aromatic rings. The molecule has 2 aromatic carbocycles. The molecular weight excluding hydrogens is 441 g/mol. The molecule has 2 N–H and O–H groups in total. The number of carbonyl (C=O) groups is 1. The highest BCUT2D eigenvalue weighted by molar-refractivity contribution is 7.80. The number of halogens is 2. The van der Waals surface area contributed by atoms with Gasteiger partial charge in [0.1, 0.15) is 5.75 Å². The van der Waals surface area contributed by atoms with Crippen molar-refractivity contribution in [3.8, 4) is 5.75 Å². The molecule has 0 aromatic heterocycles. The van der Waals surface area contributed by atoms with E-state index in [0.29, 0.717) is 15.8 Å². The Morgan fingerprint density at radius 1 is 1.10 bits per heavy atom. The fourth-order valence-corrected chi connectivity index (χ4v) is 4.08. The van der Waals surface area contributed by atoms with Crippen LogP contribution in [0.2, 0.25) is 10.0 Å². The Bertz CT molecular complexity index is 923. The summed E-state index contributed by atoms with van der Waals surface area (Å²) < 4.78 is 5.55. The van der Waals surface area contributed by atoms with E-state index < -0.39 is 0 Å². The Morgan fingerprint density at radius 2 is 1.77 bits per heavy atom. The van der Waals surface area contributed by atoms with Gasteiger partial charge in [-0.05, 0) is 86.8 Å². The summed E-state index contributed by atoms with van der Waals surface area (Å²) >= 11 is 17.8. The van der Waals surface area contributed by atoms with E-state index in [0.717, 1.165) is 35.6 Å². The van der Waals surface area contributed by atoms with Crippen LogP contribution < -0.4 is 20.3 Å². The standard InChI is InChI=1S/C22H25Cl2N3O2S/c1-14-10-17(11-15(2)21(14)24)29-13-20(28)26-22(30)25-16-6-7-19(18(23)12-16)27-8-4-3-5-9-27/h6-7,10-12H,3-5,8-9,13H2,1-2H3,(H2,25,26,28,30). The zero-order valence-electron chi connectivity index (χ0n) is 17.1. The number of ether oxygens (including phenoxy) is 1. The largest absolute Gasteiger partial charge is 0.484 e. The molecule has 0 aliphatic carbocycles. The van der Waals surface area contributed by atoms with Gasteiger partial charge in [0.05, 0.1) is 10.7 Å². The number of thiocarbonyl (C=S) groups is 1. The Morgan fingerprint density at radius 3 is 2.40 bits per heavy atom. The second-order valence-corrected chi connectivity index (χ2v) is 8.57. The van der Waals surface area contributed by atoms with Crippen molar-refractivity contribution in [2.24, 2.45) is 0 Å². The predicted molar refractivity (Wildman–Crippen MR) is 128 cm³/mol. The van der Waals surface area contributed by atoms with E-state index in [1.165, 1.54) is 19.3 Å². The maximum atomic E-state index is 12.2. The van der Waals surface area contributed by atoms with Crippen molar-refractivity contribution in [2.75, 3.05) is 29.9 Å². The van der Waals surface area contributed by atoms with Gasteiger partial charge in [-0.3, -0.25) is 10.1 Å². The summed E-state index contributed by atoms with van der Waals surface area (Å²) in [6.45, 7) is 5.67. The first kappa shape index (κ1) is 22.7. The second kappa shape index (κ2) is 10.3. The van der Waals surface area contributed by atoms with Gasteiger partial charge < -0.3 is 15.0 Å². The summed E-state index contributed by atoms with van der Waals surface area (Å²) in [5, 5.41) is 7.15. The molecule has 0 saturated carbocycles. The molecule has 0 atom stereocenters. The van der Waals surface area contributed by atoms with Crippen LogP contribution in [0.3, 0.4) is 0 Å². The molecule has 1 amide bonds. The first-order valence-electron chi connectivity index (χ1n) is 9.88. The topological polar surface area (TPSA) is 53.6 Å². The van der Waals surface area contributed by atoms with Crippen LogP contribution in [0.1, 0.15) is 30.4 Å². The van der Waals surface area contributed by atoms with Crippen LogP contribution in [-0.2, 0) is 4.79 Å². The SMILES string of the molecule is Cc1cc(OCC(=O)NC(=S)Nc2ccc(N3CCCCC3)c(Cl)c2)cc(C)c1Cl. The van der Waals surface area contributed by atoms with Crippen molar-refractivity contribution in [3.63, 3.8) is 0 Å². The molecule has 1 saturated heterocycles. The molecule has 8 heteroatoms. The second-order valence-electron chi connectivity index (χ2n) is 7.38. The lowest BCUT2D eigenvalue weighted by Gasteiger charge is -2.29. The van der Waals surface area contributed by atoms with E-state index >= 15 is 0 Å². The van der Waals surface area contributed by atoms with Crippen LogP contribution >= 0.6 is 35.4 Å². The normalized spacial score (nSPS) is 13.7. The molecule has 0 radical (unpaired) electrons. The third-order valence-corrected chi connectivity index (χ3v) is 6.04. The molecule has 30 heavy (non-hydrogen) atoms. The van der Waals surface area contributed by atoms with Gasteiger partial charge >= 0.3 is 0 Å². The quantitative estimate of drug-likeness (QED) is 0.571. The molecule has 0 spiro atoms. The van der Waals surface area contributed by atoms with Crippen molar-refractivity contribution < 1.29 is 9.53 Å². The summed E-state index contributed by atoms with van der Waals surface area (Å²) in [7, 11) is 0. The van der Waals surface area contributed by atoms with Gasteiger partial charge in [0.15, 0.2) is 11.7 Å². The summed E-state index contributed by atoms with van der Waals surface area (Å²) in [6.07, 6.45) is 3.63. The van der Waals surface area contributed by atoms with Gasteiger partial charge in [-0.2, -0.15) is 0 Å². The fourth-order valence-electron chi connectivity index (χ4n) is 3.44. The lowest BCUT2D eigenvalue weighted by molar-refractivity contribution is -0.121. The third kappa shape index (κ3) is 6.00.